The first-order valence-corrected chi connectivity index (χ1v) is 6.88. The summed E-state index contributed by atoms with van der Waals surface area (Å²) in [6, 6.07) is 1.84. The van der Waals surface area contributed by atoms with Crippen molar-refractivity contribution in [1.82, 2.24) is 10.3 Å². The van der Waals surface area contributed by atoms with Gasteiger partial charge in [-0.25, -0.2) is 0 Å². The van der Waals surface area contributed by atoms with Crippen molar-refractivity contribution in [2.45, 2.75) is 32.6 Å². The third-order valence-corrected chi connectivity index (χ3v) is 4.38. The summed E-state index contributed by atoms with van der Waals surface area (Å²) in [7, 11) is 0. The molecule has 0 saturated carbocycles. The first kappa shape index (κ1) is 13.5. The molecule has 98 valence electrons. The largest absolute Gasteiger partial charge is 0.317 e. The van der Waals surface area contributed by atoms with E-state index in [1.54, 1.807) is 12.4 Å². The summed E-state index contributed by atoms with van der Waals surface area (Å²) in [6.07, 6.45) is 6.50. The Labute approximate surface area is 113 Å². The van der Waals surface area contributed by atoms with E-state index in [4.69, 9.17) is 11.6 Å². The van der Waals surface area contributed by atoms with Gasteiger partial charge in [0, 0.05) is 24.2 Å². The topological polar surface area (TPSA) is 42.0 Å². The van der Waals surface area contributed by atoms with Crippen molar-refractivity contribution in [3.05, 3.63) is 29.0 Å². The molecule has 1 aliphatic heterocycles. The standard InChI is InChI=1S/C14H19ClN2O/c1-2-14(4-7-16-8-5-14)13(18)9-11-3-6-17-10-12(11)15/h3,6,10,16H,2,4-5,7-9H2,1H3. The van der Waals surface area contributed by atoms with Crippen molar-refractivity contribution in [2.24, 2.45) is 5.41 Å². The van der Waals surface area contributed by atoms with Crippen LogP contribution in [0.25, 0.3) is 0 Å². The average Bonchev–Trinajstić information content (AvgIpc) is 2.42. The molecule has 18 heavy (non-hydrogen) atoms. The molecule has 0 amide bonds. The summed E-state index contributed by atoms with van der Waals surface area (Å²) < 4.78 is 0. The van der Waals surface area contributed by atoms with Crippen LogP contribution in [-0.4, -0.2) is 23.9 Å². The number of rotatable bonds is 4. The van der Waals surface area contributed by atoms with Gasteiger partial charge < -0.3 is 5.32 Å². The lowest BCUT2D eigenvalue weighted by Crippen LogP contribution is -2.42. The number of halogens is 1. The molecule has 0 unspecified atom stereocenters. The number of carbonyl (C=O) groups is 1. The molecular weight excluding hydrogens is 248 g/mol. The molecule has 1 N–H and O–H groups in total. The molecule has 1 aromatic rings. The number of aromatic nitrogens is 1. The van der Waals surface area contributed by atoms with E-state index in [9.17, 15) is 4.79 Å². The maximum atomic E-state index is 12.6. The number of pyridine rings is 1. The van der Waals surface area contributed by atoms with Crippen LogP contribution < -0.4 is 5.32 Å². The quantitative estimate of drug-likeness (QED) is 0.911. The molecule has 2 rings (SSSR count). The Bertz CT molecular complexity index is 428. The van der Waals surface area contributed by atoms with E-state index in [-0.39, 0.29) is 5.41 Å². The monoisotopic (exact) mass is 266 g/mol. The van der Waals surface area contributed by atoms with E-state index in [1.807, 2.05) is 6.07 Å². The number of hydrogen-bond donors (Lipinski definition) is 1. The zero-order valence-electron chi connectivity index (χ0n) is 10.7. The second kappa shape index (κ2) is 5.81. The molecule has 1 saturated heterocycles. The first-order chi connectivity index (χ1) is 8.68. The third kappa shape index (κ3) is 2.73. The number of carbonyl (C=O) groups excluding carboxylic acids is 1. The lowest BCUT2D eigenvalue weighted by molar-refractivity contribution is -0.129. The predicted octanol–water partition coefficient (Wildman–Crippen LogP) is 2.63. The number of hydrogen-bond acceptors (Lipinski definition) is 3. The Balaban J connectivity index is 2.13. The van der Waals surface area contributed by atoms with E-state index in [0.717, 1.165) is 37.9 Å². The highest BCUT2D eigenvalue weighted by Crippen LogP contribution is 2.35. The van der Waals surface area contributed by atoms with Gasteiger partial charge >= 0.3 is 0 Å². The van der Waals surface area contributed by atoms with Crippen LogP contribution in [0.2, 0.25) is 5.02 Å². The fourth-order valence-electron chi connectivity index (χ4n) is 2.64. The molecular formula is C14H19ClN2O. The van der Waals surface area contributed by atoms with Gasteiger partial charge in [-0.3, -0.25) is 9.78 Å². The van der Waals surface area contributed by atoms with Crippen LogP contribution in [0.1, 0.15) is 31.7 Å². The number of Topliss-reactive ketones (excluding diaryl/α,β-unsaturated/α-hetero) is 1. The highest BCUT2D eigenvalue weighted by Gasteiger charge is 2.37. The molecule has 1 fully saturated rings. The van der Waals surface area contributed by atoms with Crippen molar-refractivity contribution in [2.75, 3.05) is 13.1 Å². The minimum absolute atomic E-state index is 0.155. The van der Waals surface area contributed by atoms with Crippen molar-refractivity contribution in [3.63, 3.8) is 0 Å². The second-order valence-electron chi connectivity index (χ2n) is 4.95. The number of piperidine rings is 1. The normalized spacial score (nSPS) is 18.6. The van der Waals surface area contributed by atoms with Crippen molar-refractivity contribution in [3.8, 4) is 0 Å². The van der Waals surface area contributed by atoms with Gasteiger partial charge in [0.15, 0.2) is 0 Å². The Morgan fingerprint density at radius 2 is 2.22 bits per heavy atom. The molecule has 4 heteroatoms. The Morgan fingerprint density at radius 1 is 1.50 bits per heavy atom. The average molecular weight is 267 g/mol. The minimum atomic E-state index is -0.155. The molecule has 0 bridgehead atoms. The SMILES string of the molecule is CCC1(C(=O)Cc2ccncc2Cl)CCNCC1. The van der Waals surface area contributed by atoms with E-state index in [0.29, 0.717) is 17.2 Å². The van der Waals surface area contributed by atoms with Gasteiger partial charge in [0.1, 0.15) is 5.78 Å². The maximum absolute atomic E-state index is 12.6. The summed E-state index contributed by atoms with van der Waals surface area (Å²) >= 11 is 6.07. The lowest BCUT2D eigenvalue weighted by atomic mass is 9.72. The third-order valence-electron chi connectivity index (χ3n) is 4.04. The van der Waals surface area contributed by atoms with E-state index >= 15 is 0 Å². The molecule has 2 heterocycles. The fraction of sp³-hybridized carbons (Fsp3) is 0.571. The van der Waals surface area contributed by atoms with E-state index in [2.05, 4.69) is 17.2 Å². The Hall–Kier alpha value is -0.930. The van der Waals surface area contributed by atoms with Gasteiger partial charge in [0.2, 0.25) is 0 Å². The lowest BCUT2D eigenvalue weighted by Gasteiger charge is -2.35. The van der Waals surface area contributed by atoms with Gasteiger partial charge in [0.05, 0.1) is 5.02 Å². The molecule has 3 nitrogen and oxygen atoms in total. The van der Waals surface area contributed by atoms with Gasteiger partial charge in [-0.05, 0) is 44.0 Å². The van der Waals surface area contributed by atoms with Crippen LogP contribution in [0.3, 0.4) is 0 Å². The van der Waals surface area contributed by atoms with Crippen LogP contribution in [0.15, 0.2) is 18.5 Å². The van der Waals surface area contributed by atoms with Crippen LogP contribution in [-0.2, 0) is 11.2 Å². The minimum Gasteiger partial charge on any atom is -0.317 e. The van der Waals surface area contributed by atoms with Crippen LogP contribution in [0, 0.1) is 5.41 Å². The summed E-state index contributed by atoms with van der Waals surface area (Å²) in [6.45, 7) is 3.98. The highest BCUT2D eigenvalue weighted by molar-refractivity contribution is 6.31. The summed E-state index contributed by atoms with van der Waals surface area (Å²) in [4.78, 5) is 16.5. The number of nitrogens with zero attached hydrogens (tertiary/aromatic N) is 1. The Kier molecular flexibility index (Phi) is 4.36. The second-order valence-corrected chi connectivity index (χ2v) is 5.36. The van der Waals surface area contributed by atoms with Crippen molar-refractivity contribution < 1.29 is 4.79 Å². The van der Waals surface area contributed by atoms with Crippen molar-refractivity contribution in [1.29, 1.82) is 0 Å². The molecule has 0 spiro atoms. The molecule has 0 aliphatic carbocycles. The van der Waals surface area contributed by atoms with Gasteiger partial charge in [0.25, 0.3) is 0 Å². The van der Waals surface area contributed by atoms with Crippen LogP contribution in [0.5, 0.6) is 0 Å². The van der Waals surface area contributed by atoms with Gasteiger partial charge in [-0.15, -0.1) is 0 Å². The summed E-state index contributed by atoms with van der Waals surface area (Å²) in [5.41, 5.74) is 0.737. The van der Waals surface area contributed by atoms with Gasteiger partial charge in [-0.1, -0.05) is 18.5 Å². The molecule has 1 aromatic heterocycles. The summed E-state index contributed by atoms with van der Waals surface area (Å²) in [5, 5.41) is 3.90. The van der Waals surface area contributed by atoms with E-state index in [1.165, 1.54) is 0 Å². The smallest absolute Gasteiger partial charge is 0.143 e. The predicted molar refractivity (Wildman–Crippen MR) is 72.8 cm³/mol. The van der Waals surface area contributed by atoms with Crippen LogP contribution in [0.4, 0.5) is 0 Å². The molecule has 0 aromatic carbocycles. The zero-order chi connectivity index (χ0) is 13.0. The first-order valence-electron chi connectivity index (χ1n) is 6.50. The molecule has 0 radical (unpaired) electrons. The maximum Gasteiger partial charge on any atom is 0.143 e. The van der Waals surface area contributed by atoms with Gasteiger partial charge in [-0.2, -0.15) is 0 Å². The fourth-order valence-corrected chi connectivity index (χ4v) is 2.83. The number of ketones is 1. The van der Waals surface area contributed by atoms with Crippen LogP contribution >= 0.6 is 11.6 Å². The van der Waals surface area contributed by atoms with Crippen molar-refractivity contribution >= 4 is 17.4 Å². The molecule has 0 atom stereocenters. The number of nitrogens with one attached hydrogen (secondary N) is 1. The zero-order valence-corrected chi connectivity index (χ0v) is 11.5. The molecule has 1 aliphatic rings. The Morgan fingerprint density at radius 3 is 2.83 bits per heavy atom. The summed E-state index contributed by atoms with van der Waals surface area (Å²) in [5.74, 6) is 0.319. The van der Waals surface area contributed by atoms with E-state index < -0.39 is 0 Å². The highest BCUT2D eigenvalue weighted by atomic mass is 35.5.